The van der Waals surface area contributed by atoms with Crippen LogP contribution in [0.25, 0.3) is 0 Å². The minimum absolute atomic E-state index is 0.150. The van der Waals surface area contributed by atoms with Crippen LogP contribution in [0.1, 0.15) is 23.6 Å². The fraction of sp³-hybridized carbons (Fsp3) is 0.375. The zero-order chi connectivity index (χ0) is 23.8. The molecule has 1 aliphatic heterocycles. The third-order valence-electron chi connectivity index (χ3n) is 5.36. The fourth-order valence-corrected chi connectivity index (χ4v) is 3.63. The Morgan fingerprint density at radius 2 is 1.82 bits per heavy atom. The summed E-state index contributed by atoms with van der Waals surface area (Å²) >= 11 is 0. The third-order valence-corrected chi connectivity index (χ3v) is 5.36. The molecule has 0 aromatic heterocycles. The predicted molar refractivity (Wildman–Crippen MR) is 120 cm³/mol. The van der Waals surface area contributed by atoms with Gasteiger partial charge in [0.1, 0.15) is 24.7 Å². The summed E-state index contributed by atoms with van der Waals surface area (Å²) in [5.74, 6) is -0.444. The molecule has 9 heteroatoms. The number of hydrogen-bond donors (Lipinski definition) is 0. The molecule has 1 atom stereocenters. The second-order valence-corrected chi connectivity index (χ2v) is 7.50. The van der Waals surface area contributed by atoms with E-state index in [1.165, 1.54) is 30.2 Å². The van der Waals surface area contributed by atoms with Gasteiger partial charge in [0.05, 0.1) is 25.5 Å². The van der Waals surface area contributed by atoms with Crippen LogP contribution in [0.4, 0.5) is 4.39 Å². The second kappa shape index (κ2) is 11.5. The van der Waals surface area contributed by atoms with Crippen LogP contribution in [-0.2, 0) is 19.1 Å². The van der Waals surface area contributed by atoms with Crippen LogP contribution in [0.5, 0.6) is 5.75 Å². The molecule has 2 amide bonds. The quantitative estimate of drug-likeness (QED) is 0.548. The van der Waals surface area contributed by atoms with E-state index in [9.17, 15) is 14.0 Å². The Balaban J connectivity index is 1.90. The van der Waals surface area contributed by atoms with Gasteiger partial charge in [-0.15, -0.1) is 0 Å². The zero-order valence-electron chi connectivity index (χ0n) is 19.0. The molecule has 176 valence electrons. The van der Waals surface area contributed by atoms with Crippen molar-refractivity contribution in [3.05, 3.63) is 65.5 Å². The lowest BCUT2D eigenvalue weighted by atomic mass is 9.98. The van der Waals surface area contributed by atoms with Gasteiger partial charge in [-0.1, -0.05) is 30.3 Å². The van der Waals surface area contributed by atoms with Gasteiger partial charge in [0.2, 0.25) is 5.91 Å². The number of hydrazone groups is 1. The molecular weight excluding hydrogens is 429 g/mol. The van der Waals surface area contributed by atoms with E-state index in [0.29, 0.717) is 23.4 Å². The number of amides is 2. The minimum Gasteiger partial charge on any atom is -0.497 e. The van der Waals surface area contributed by atoms with Crippen molar-refractivity contribution >= 4 is 17.5 Å². The van der Waals surface area contributed by atoms with Crippen LogP contribution in [0.3, 0.4) is 0 Å². The first-order chi connectivity index (χ1) is 16.0. The molecule has 1 heterocycles. The van der Waals surface area contributed by atoms with Crippen molar-refractivity contribution in [2.75, 3.05) is 47.6 Å². The molecule has 0 bridgehead atoms. The summed E-state index contributed by atoms with van der Waals surface area (Å²) in [4.78, 5) is 27.1. The SMILES string of the molecule is COCCN(CC(=O)N1N=C(c2ccccc2F)C[C@@H]1c1ccc(OC)cc1)C(=O)COC. The molecule has 0 unspecified atom stereocenters. The van der Waals surface area contributed by atoms with Gasteiger partial charge >= 0.3 is 0 Å². The average molecular weight is 458 g/mol. The van der Waals surface area contributed by atoms with Crippen LogP contribution < -0.4 is 4.74 Å². The lowest BCUT2D eigenvalue weighted by Gasteiger charge is -2.27. The molecule has 33 heavy (non-hydrogen) atoms. The standard InChI is InChI=1S/C24H28FN3O5/c1-31-13-12-27(24(30)16-32-2)15-23(29)28-22(17-8-10-18(33-3)11-9-17)14-21(26-28)19-6-4-5-7-20(19)25/h4-11,22H,12-16H2,1-3H3/t22-/m1/s1. The maximum absolute atomic E-state index is 14.5. The van der Waals surface area contributed by atoms with Gasteiger partial charge in [-0.2, -0.15) is 5.10 Å². The van der Waals surface area contributed by atoms with Crippen molar-refractivity contribution in [2.24, 2.45) is 5.10 Å². The number of carbonyl (C=O) groups is 2. The first-order valence-corrected chi connectivity index (χ1v) is 10.5. The molecule has 0 aliphatic carbocycles. The molecule has 0 saturated heterocycles. The maximum atomic E-state index is 14.5. The maximum Gasteiger partial charge on any atom is 0.262 e. The monoisotopic (exact) mass is 457 g/mol. The topological polar surface area (TPSA) is 80.7 Å². The Bertz CT molecular complexity index is 996. The molecule has 2 aromatic carbocycles. The number of hydrogen-bond acceptors (Lipinski definition) is 6. The summed E-state index contributed by atoms with van der Waals surface area (Å²) in [5.41, 5.74) is 1.64. The van der Waals surface area contributed by atoms with Crippen LogP contribution in [0.2, 0.25) is 0 Å². The number of methoxy groups -OCH3 is 3. The molecule has 3 rings (SSSR count). The lowest BCUT2D eigenvalue weighted by molar-refractivity contribution is -0.144. The molecule has 1 aliphatic rings. The summed E-state index contributed by atoms with van der Waals surface area (Å²) < 4.78 is 29.7. The first-order valence-electron chi connectivity index (χ1n) is 10.5. The van der Waals surface area contributed by atoms with Crippen LogP contribution >= 0.6 is 0 Å². The first kappa shape index (κ1) is 24.3. The van der Waals surface area contributed by atoms with Gasteiger partial charge in [0, 0.05) is 32.7 Å². The van der Waals surface area contributed by atoms with E-state index in [1.807, 2.05) is 12.1 Å². The van der Waals surface area contributed by atoms with Crippen molar-refractivity contribution in [2.45, 2.75) is 12.5 Å². The van der Waals surface area contributed by atoms with Gasteiger partial charge in [-0.3, -0.25) is 9.59 Å². The number of rotatable bonds is 10. The normalized spacial score (nSPS) is 15.3. The molecule has 8 nitrogen and oxygen atoms in total. The summed E-state index contributed by atoms with van der Waals surface area (Å²) in [5, 5.41) is 5.82. The molecule has 0 N–H and O–H groups in total. The number of ether oxygens (including phenoxy) is 3. The largest absolute Gasteiger partial charge is 0.497 e. The minimum atomic E-state index is -0.445. The Morgan fingerprint density at radius 1 is 1.09 bits per heavy atom. The molecule has 0 spiro atoms. The van der Waals surface area contributed by atoms with E-state index in [2.05, 4.69) is 5.10 Å². The smallest absolute Gasteiger partial charge is 0.262 e. The predicted octanol–water partition coefficient (Wildman–Crippen LogP) is 2.63. The lowest BCUT2D eigenvalue weighted by Crippen LogP contribution is -2.44. The van der Waals surface area contributed by atoms with Crippen molar-refractivity contribution in [3.63, 3.8) is 0 Å². The number of benzene rings is 2. The second-order valence-electron chi connectivity index (χ2n) is 7.50. The Hall–Kier alpha value is -3.30. The van der Waals surface area contributed by atoms with Crippen LogP contribution in [-0.4, -0.2) is 75.1 Å². The van der Waals surface area contributed by atoms with E-state index >= 15 is 0 Å². The highest BCUT2D eigenvalue weighted by Crippen LogP contribution is 2.34. The molecular formula is C24H28FN3O5. The summed E-state index contributed by atoms with van der Waals surface area (Å²) in [6, 6.07) is 13.2. The van der Waals surface area contributed by atoms with E-state index < -0.39 is 11.9 Å². The number of carbonyl (C=O) groups excluding carboxylic acids is 2. The molecule has 0 saturated carbocycles. The van der Waals surface area contributed by atoms with Crippen molar-refractivity contribution in [1.82, 2.24) is 9.91 Å². The molecule has 0 radical (unpaired) electrons. The van der Waals surface area contributed by atoms with Gasteiger partial charge < -0.3 is 19.1 Å². The van der Waals surface area contributed by atoms with E-state index in [0.717, 1.165) is 5.56 Å². The molecule has 0 fully saturated rings. The van der Waals surface area contributed by atoms with E-state index in [4.69, 9.17) is 14.2 Å². The van der Waals surface area contributed by atoms with E-state index in [1.54, 1.807) is 37.4 Å². The average Bonchev–Trinajstić information content (AvgIpc) is 3.27. The Kier molecular flexibility index (Phi) is 8.51. The Morgan fingerprint density at radius 3 is 2.45 bits per heavy atom. The molecule has 2 aromatic rings. The van der Waals surface area contributed by atoms with Crippen molar-refractivity contribution < 1.29 is 28.2 Å². The van der Waals surface area contributed by atoms with E-state index in [-0.39, 0.29) is 38.1 Å². The number of nitrogens with zero attached hydrogens (tertiary/aromatic N) is 3. The highest BCUT2D eigenvalue weighted by molar-refractivity contribution is 6.03. The summed E-state index contributed by atoms with van der Waals surface area (Å²) in [7, 11) is 4.51. The fourth-order valence-electron chi connectivity index (χ4n) is 3.63. The van der Waals surface area contributed by atoms with Gasteiger partial charge in [0.15, 0.2) is 0 Å². The van der Waals surface area contributed by atoms with Gasteiger partial charge in [-0.05, 0) is 23.8 Å². The number of halogens is 1. The highest BCUT2D eigenvalue weighted by Gasteiger charge is 2.35. The summed E-state index contributed by atoms with van der Waals surface area (Å²) in [6.45, 7) is 0.151. The van der Waals surface area contributed by atoms with Crippen LogP contribution in [0.15, 0.2) is 53.6 Å². The Labute approximate surface area is 192 Å². The highest BCUT2D eigenvalue weighted by atomic mass is 19.1. The zero-order valence-corrected chi connectivity index (χ0v) is 19.0. The van der Waals surface area contributed by atoms with Gasteiger partial charge in [0.25, 0.3) is 5.91 Å². The summed E-state index contributed by atoms with van der Waals surface area (Å²) in [6.07, 6.45) is 0.336. The van der Waals surface area contributed by atoms with Crippen LogP contribution in [0, 0.1) is 5.82 Å². The third kappa shape index (κ3) is 5.94. The van der Waals surface area contributed by atoms with Crippen molar-refractivity contribution in [3.8, 4) is 5.75 Å². The van der Waals surface area contributed by atoms with Gasteiger partial charge in [-0.25, -0.2) is 9.40 Å². The van der Waals surface area contributed by atoms with Crippen molar-refractivity contribution in [1.29, 1.82) is 0 Å².